The first kappa shape index (κ1) is 15.0. The molecule has 0 spiro atoms. The maximum Gasteiger partial charge on any atom is 0.337 e. The van der Waals surface area contributed by atoms with Crippen molar-refractivity contribution >= 4 is 21.7 Å². The molecule has 0 aliphatic carbocycles. The van der Waals surface area contributed by atoms with Gasteiger partial charge in [0.2, 0.25) is 0 Å². The van der Waals surface area contributed by atoms with Gasteiger partial charge in [0, 0.05) is 5.69 Å². The summed E-state index contributed by atoms with van der Waals surface area (Å²) >= 11 is 0. The van der Waals surface area contributed by atoms with Crippen LogP contribution in [-0.4, -0.2) is 21.5 Å². The number of carbonyl (C=O) groups is 1. The van der Waals surface area contributed by atoms with Crippen molar-refractivity contribution in [2.75, 3.05) is 11.8 Å². The standard InChI is InChI=1S/C14H12FNO4S/c1-20-14(17)10-5-7-12(8-6-10)16-21(18,19)13-4-2-3-11(15)9-13/h2-9,16H,1H3. The molecule has 21 heavy (non-hydrogen) atoms. The molecule has 0 bridgehead atoms. The number of carbonyl (C=O) groups excluding carboxylic acids is 1. The Labute approximate surface area is 121 Å². The molecule has 0 aromatic heterocycles. The molecule has 0 saturated heterocycles. The topological polar surface area (TPSA) is 72.5 Å². The lowest BCUT2D eigenvalue weighted by Gasteiger charge is -2.08. The molecule has 0 saturated carbocycles. The number of rotatable bonds is 4. The van der Waals surface area contributed by atoms with Crippen molar-refractivity contribution in [2.45, 2.75) is 4.90 Å². The molecule has 1 N–H and O–H groups in total. The molecule has 7 heteroatoms. The Hall–Kier alpha value is -2.41. The number of methoxy groups -OCH3 is 1. The van der Waals surface area contributed by atoms with E-state index >= 15 is 0 Å². The van der Waals surface area contributed by atoms with E-state index in [-0.39, 0.29) is 10.6 Å². The minimum absolute atomic E-state index is 0.181. The van der Waals surface area contributed by atoms with Crippen LogP contribution in [0, 0.1) is 5.82 Å². The van der Waals surface area contributed by atoms with Gasteiger partial charge in [0.05, 0.1) is 17.6 Å². The zero-order chi connectivity index (χ0) is 15.5. The number of nitrogens with one attached hydrogen (secondary N) is 1. The van der Waals surface area contributed by atoms with Crippen LogP contribution in [0.1, 0.15) is 10.4 Å². The van der Waals surface area contributed by atoms with Gasteiger partial charge in [0.1, 0.15) is 5.82 Å². The van der Waals surface area contributed by atoms with Crippen molar-refractivity contribution in [3.05, 3.63) is 59.9 Å². The van der Waals surface area contributed by atoms with Crippen molar-refractivity contribution in [2.24, 2.45) is 0 Å². The molecule has 2 aromatic rings. The maximum absolute atomic E-state index is 13.1. The SMILES string of the molecule is COC(=O)c1ccc(NS(=O)(=O)c2cccc(F)c2)cc1. The predicted molar refractivity (Wildman–Crippen MR) is 75.0 cm³/mol. The summed E-state index contributed by atoms with van der Waals surface area (Å²) in [5.41, 5.74) is 0.554. The lowest BCUT2D eigenvalue weighted by atomic mass is 10.2. The molecule has 5 nitrogen and oxygen atoms in total. The molecule has 0 fully saturated rings. The summed E-state index contributed by atoms with van der Waals surface area (Å²) in [6.45, 7) is 0. The van der Waals surface area contributed by atoms with E-state index in [2.05, 4.69) is 9.46 Å². The van der Waals surface area contributed by atoms with Crippen molar-refractivity contribution in [1.82, 2.24) is 0 Å². The second kappa shape index (κ2) is 5.92. The normalized spacial score (nSPS) is 11.0. The molecule has 110 valence electrons. The van der Waals surface area contributed by atoms with Crippen LogP contribution in [0.2, 0.25) is 0 Å². The molecule has 2 aromatic carbocycles. The van der Waals surface area contributed by atoms with Gasteiger partial charge in [-0.05, 0) is 42.5 Å². The third kappa shape index (κ3) is 3.57. The number of sulfonamides is 1. The zero-order valence-electron chi connectivity index (χ0n) is 11.0. The predicted octanol–water partition coefficient (Wildman–Crippen LogP) is 2.41. The minimum atomic E-state index is -3.88. The van der Waals surface area contributed by atoms with Crippen LogP contribution in [-0.2, 0) is 14.8 Å². The second-order valence-electron chi connectivity index (χ2n) is 4.13. The molecule has 0 atom stereocenters. The fourth-order valence-corrected chi connectivity index (χ4v) is 2.73. The quantitative estimate of drug-likeness (QED) is 0.880. The van der Waals surface area contributed by atoms with Gasteiger partial charge in [-0.3, -0.25) is 4.72 Å². The molecule has 2 rings (SSSR count). The molecule has 0 aliphatic heterocycles. The Morgan fingerprint density at radius 3 is 2.38 bits per heavy atom. The van der Waals surface area contributed by atoms with Crippen LogP contribution in [0.5, 0.6) is 0 Å². The first-order valence-electron chi connectivity index (χ1n) is 5.89. The molecule has 0 heterocycles. The largest absolute Gasteiger partial charge is 0.465 e. The van der Waals surface area contributed by atoms with E-state index < -0.39 is 21.8 Å². The fraction of sp³-hybridized carbons (Fsp3) is 0.0714. The van der Waals surface area contributed by atoms with E-state index in [1.807, 2.05) is 0 Å². The highest BCUT2D eigenvalue weighted by molar-refractivity contribution is 7.92. The zero-order valence-corrected chi connectivity index (χ0v) is 11.9. The summed E-state index contributed by atoms with van der Waals surface area (Å²) in [7, 11) is -2.63. The highest BCUT2D eigenvalue weighted by Gasteiger charge is 2.15. The Morgan fingerprint density at radius 2 is 1.81 bits per heavy atom. The maximum atomic E-state index is 13.1. The van der Waals surface area contributed by atoms with Gasteiger partial charge in [0.25, 0.3) is 10.0 Å². The van der Waals surface area contributed by atoms with Gasteiger partial charge < -0.3 is 4.74 Å². The third-order valence-corrected chi connectivity index (χ3v) is 4.04. The molecular weight excluding hydrogens is 297 g/mol. The fourth-order valence-electron chi connectivity index (χ4n) is 1.64. The van der Waals surface area contributed by atoms with Gasteiger partial charge in [-0.15, -0.1) is 0 Å². The molecular formula is C14H12FNO4S. The van der Waals surface area contributed by atoms with Crippen molar-refractivity contribution in [3.63, 3.8) is 0 Å². The molecule has 0 amide bonds. The number of anilines is 1. The Morgan fingerprint density at radius 1 is 1.14 bits per heavy atom. The van der Waals surface area contributed by atoms with E-state index in [1.165, 1.54) is 43.5 Å². The summed E-state index contributed by atoms with van der Waals surface area (Å²) < 4.78 is 44.0. The van der Waals surface area contributed by atoms with Gasteiger partial charge in [0.15, 0.2) is 0 Å². The van der Waals surface area contributed by atoms with E-state index in [1.54, 1.807) is 0 Å². The van der Waals surface area contributed by atoms with Crippen LogP contribution in [0.15, 0.2) is 53.4 Å². The molecule has 0 aliphatic rings. The summed E-state index contributed by atoms with van der Waals surface area (Å²) in [5.74, 6) is -1.16. The second-order valence-corrected chi connectivity index (χ2v) is 5.81. The van der Waals surface area contributed by atoms with Gasteiger partial charge in [-0.2, -0.15) is 0 Å². The van der Waals surface area contributed by atoms with Crippen LogP contribution < -0.4 is 4.72 Å². The first-order chi connectivity index (χ1) is 9.92. The monoisotopic (exact) mass is 309 g/mol. The van der Waals surface area contributed by atoms with Crippen LogP contribution >= 0.6 is 0 Å². The summed E-state index contributed by atoms with van der Waals surface area (Å²) in [4.78, 5) is 11.1. The molecule has 0 radical (unpaired) electrons. The van der Waals surface area contributed by atoms with Gasteiger partial charge in [-0.25, -0.2) is 17.6 Å². The van der Waals surface area contributed by atoms with E-state index in [0.717, 1.165) is 12.1 Å². The summed E-state index contributed by atoms with van der Waals surface area (Å²) in [6, 6.07) is 10.4. The van der Waals surface area contributed by atoms with Crippen molar-refractivity contribution < 1.29 is 22.3 Å². The average Bonchev–Trinajstić information content (AvgIpc) is 2.47. The van der Waals surface area contributed by atoms with E-state index in [4.69, 9.17) is 0 Å². The van der Waals surface area contributed by atoms with Gasteiger partial charge in [-0.1, -0.05) is 6.07 Å². The lowest BCUT2D eigenvalue weighted by Crippen LogP contribution is -2.13. The van der Waals surface area contributed by atoms with Crippen molar-refractivity contribution in [1.29, 1.82) is 0 Å². The number of benzene rings is 2. The van der Waals surface area contributed by atoms with Crippen LogP contribution in [0.25, 0.3) is 0 Å². The average molecular weight is 309 g/mol. The van der Waals surface area contributed by atoms with Crippen molar-refractivity contribution in [3.8, 4) is 0 Å². The lowest BCUT2D eigenvalue weighted by molar-refractivity contribution is 0.0601. The first-order valence-corrected chi connectivity index (χ1v) is 7.37. The summed E-state index contributed by atoms with van der Waals surface area (Å²) in [5, 5.41) is 0. The Bertz CT molecular complexity index is 757. The van der Waals surface area contributed by atoms with E-state index in [9.17, 15) is 17.6 Å². The van der Waals surface area contributed by atoms with E-state index in [0.29, 0.717) is 5.56 Å². The van der Waals surface area contributed by atoms with Crippen LogP contribution in [0.3, 0.4) is 0 Å². The Balaban J connectivity index is 2.23. The van der Waals surface area contributed by atoms with Gasteiger partial charge >= 0.3 is 5.97 Å². The highest BCUT2D eigenvalue weighted by atomic mass is 32.2. The molecule has 0 unspecified atom stereocenters. The van der Waals surface area contributed by atoms with Crippen LogP contribution in [0.4, 0.5) is 10.1 Å². The number of hydrogen-bond donors (Lipinski definition) is 1. The highest BCUT2D eigenvalue weighted by Crippen LogP contribution is 2.17. The number of halogens is 1. The number of hydrogen-bond acceptors (Lipinski definition) is 4. The third-order valence-electron chi connectivity index (χ3n) is 2.66. The number of ether oxygens (including phenoxy) is 1. The minimum Gasteiger partial charge on any atom is -0.465 e. The summed E-state index contributed by atoms with van der Waals surface area (Å²) in [6.07, 6.45) is 0. The smallest absolute Gasteiger partial charge is 0.337 e. The number of esters is 1. The Kier molecular flexibility index (Phi) is 4.23.